The molecule has 2 N–H and O–H groups in total. The van der Waals surface area contributed by atoms with Crippen molar-refractivity contribution >= 4 is 11.9 Å². The minimum absolute atomic E-state index is 0.0946. The lowest BCUT2D eigenvalue weighted by molar-refractivity contribution is -0.119. The second kappa shape index (κ2) is 14.3. The Morgan fingerprint density at radius 2 is 2.00 bits per heavy atom. The molecule has 0 unspecified atom stereocenters. The number of aromatic nitrogens is 3. The van der Waals surface area contributed by atoms with E-state index in [4.69, 9.17) is 4.74 Å². The summed E-state index contributed by atoms with van der Waals surface area (Å²) < 4.78 is 11.4. The fourth-order valence-corrected chi connectivity index (χ4v) is 2.46. The van der Waals surface area contributed by atoms with Gasteiger partial charge in [-0.05, 0) is 25.0 Å². The van der Waals surface area contributed by atoms with E-state index in [0.717, 1.165) is 29.3 Å². The molecule has 3 heterocycles. The molecule has 9 heteroatoms. The number of likely N-dealkylation sites (N-methyl/N-ethyl adjacent to an activating group) is 1. The Morgan fingerprint density at radius 1 is 1.32 bits per heavy atom. The number of hydrogen-bond acceptors (Lipinski definition) is 6. The monoisotopic (exact) mass is 433 g/mol. The molecule has 9 nitrogen and oxygen atoms in total. The van der Waals surface area contributed by atoms with Crippen molar-refractivity contribution in [3.63, 3.8) is 0 Å². The zero-order valence-corrected chi connectivity index (χ0v) is 19.4. The number of nitrogens with one attached hydrogen (secondary N) is 2. The lowest BCUT2D eigenvalue weighted by Gasteiger charge is -2.14. The summed E-state index contributed by atoms with van der Waals surface area (Å²) in [5.74, 6) is 0.565. The van der Waals surface area contributed by atoms with Crippen LogP contribution < -0.4 is 10.6 Å². The molecule has 1 aliphatic rings. The number of fused-ring (bicyclic) bond motifs is 1. The Balaban J connectivity index is 0.000000519. The molecule has 2 amide bonds. The van der Waals surface area contributed by atoms with Gasteiger partial charge in [0.1, 0.15) is 5.69 Å². The topological polar surface area (TPSA) is 107 Å². The Kier molecular flexibility index (Phi) is 12.1. The summed E-state index contributed by atoms with van der Waals surface area (Å²) in [5.41, 5.74) is 3.21. The van der Waals surface area contributed by atoms with Crippen LogP contribution in [0.1, 0.15) is 39.0 Å². The molecule has 31 heavy (non-hydrogen) atoms. The second-order valence-electron chi connectivity index (χ2n) is 7.37. The van der Waals surface area contributed by atoms with Gasteiger partial charge in [0.25, 0.3) is 0 Å². The highest BCUT2D eigenvalue weighted by Gasteiger charge is 2.25. The van der Waals surface area contributed by atoms with E-state index in [0.29, 0.717) is 25.3 Å². The summed E-state index contributed by atoms with van der Waals surface area (Å²) in [5, 5.41) is 9.43. The first kappa shape index (κ1) is 26.3. The number of carbonyl (C=O) groups excluding carboxylic acids is 2. The summed E-state index contributed by atoms with van der Waals surface area (Å²) in [6.07, 6.45) is 3.97. The van der Waals surface area contributed by atoms with Crippen LogP contribution in [0.3, 0.4) is 0 Å². The Hall–Kier alpha value is -2.78. The number of hydrogen-bond donors (Lipinski definition) is 2. The maximum absolute atomic E-state index is 12.3. The predicted octanol–water partition coefficient (Wildman–Crippen LogP) is 2.64. The van der Waals surface area contributed by atoms with E-state index in [2.05, 4.69) is 46.2 Å². The molecule has 0 aromatic carbocycles. The highest BCUT2D eigenvalue weighted by Crippen LogP contribution is 2.28. The number of methoxy groups -OCH3 is 1. The van der Waals surface area contributed by atoms with Gasteiger partial charge in [-0.15, -0.1) is 0 Å². The number of pyridine rings is 1. The third kappa shape index (κ3) is 8.85. The predicted molar refractivity (Wildman–Crippen MR) is 120 cm³/mol. The molecule has 3 rings (SSSR count). The summed E-state index contributed by atoms with van der Waals surface area (Å²) in [4.78, 5) is 27.7. The van der Waals surface area contributed by atoms with E-state index in [9.17, 15) is 9.59 Å². The van der Waals surface area contributed by atoms with Crippen LogP contribution in [-0.4, -0.2) is 60.6 Å². The van der Waals surface area contributed by atoms with Crippen molar-refractivity contribution in [3.05, 3.63) is 35.8 Å². The maximum Gasteiger partial charge on any atom is 0.342 e. The largest absolute Gasteiger partial charge is 0.385 e. The van der Waals surface area contributed by atoms with Crippen molar-refractivity contribution in [1.29, 1.82) is 0 Å². The fourth-order valence-electron chi connectivity index (χ4n) is 2.46. The third-order valence-electron chi connectivity index (χ3n) is 3.91. The van der Waals surface area contributed by atoms with Gasteiger partial charge in [0.05, 0.1) is 25.5 Å². The molecule has 2 aromatic rings. The lowest BCUT2D eigenvalue weighted by Crippen LogP contribution is -2.38. The van der Waals surface area contributed by atoms with E-state index in [1.54, 1.807) is 19.5 Å². The van der Waals surface area contributed by atoms with E-state index in [-0.39, 0.29) is 12.5 Å². The van der Waals surface area contributed by atoms with Gasteiger partial charge in [-0.3, -0.25) is 9.78 Å². The zero-order valence-electron chi connectivity index (χ0n) is 19.4. The molecule has 0 spiro atoms. The standard InChI is InChI=1S/C15H17N5O3.C4H10.C3H8O/c1-16-13(21)8-18-15(22)20-12-4-6-23-9-11(12)14(19-20)10-3-2-5-17-7-10;1-4(2)3;1-3-4-2/h2-3,5,7H,4,6,8-9H2,1H3,(H,16,21)(H,18,22);4H,1-3H3;3H2,1-2H3. The summed E-state index contributed by atoms with van der Waals surface area (Å²) in [6.45, 7) is 10.1. The summed E-state index contributed by atoms with van der Waals surface area (Å²) in [7, 11) is 3.20. The van der Waals surface area contributed by atoms with E-state index < -0.39 is 6.03 Å². The molecular formula is C22H35N5O4. The van der Waals surface area contributed by atoms with Crippen molar-refractivity contribution in [2.24, 2.45) is 5.92 Å². The van der Waals surface area contributed by atoms with Gasteiger partial charge in [0, 0.05) is 50.7 Å². The Labute approximate surface area is 184 Å². The number of carbonyl (C=O) groups is 2. The third-order valence-corrected chi connectivity index (χ3v) is 3.91. The molecule has 0 atom stereocenters. The van der Waals surface area contributed by atoms with Crippen molar-refractivity contribution < 1.29 is 19.1 Å². The highest BCUT2D eigenvalue weighted by atomic mass is 16.5. The molecule has 1 aliphatic heterocycles. The van der Waals surface area contributed by atoms with Crippen molar-refractivity contribution in [3.8, 4) is 11.3 Å². The number of nitrogens with zero attached hydrogens (tertiary/aromatic N) is 3. The van der Waals surface area contributed by atoms with Gasteiger partial charge in [-0.1, -0.05) is 20.8 Å². The summed E-state index contributed by atoms with van der Waals surface area (Å²) in [6, 6.07) is 3.27. The van der Waals surface area contributed by atoms with Gasteiger partial charge in [-0.2, -0.15) is 9.78 Å². The average molecular weight is 434 g/mol. The van der Waals surface area contributed by atoms with Gasteiger partial charge >= 0.3 is 6.03 Å². The van der Waals surface area contributed by atoms with Gasteiger partial charge in [0.15, 0.2) is 0 Å². The molecule has 2 aromatic heterocycles. The quantitative estimate of drug-likeness (QED) is 0.768. The molecule has 0 saturated heterocycles. The van der Waals surface area contributed by atoms with Crippen LogP contribution in [0.15, 0.2) is 24.5 Å². The Bertz CT molecular complexity index is 801. The first-order valence-electron chi connectivity index (χ1n) is 10.4. The van der Waals surface area contributed by atoms with Crippen LogP contribution in [0.5, 0.6) is 0 Å². The van der Waals surface area contributed by atoms with Crippen molar-refractivity contribution in [2.45, 2.75) is 40.7 Å². The van der Waals surface area contributed by atoms with E-state index in [1.165, 1.54) is 11.7 Å². The SMILES string of the molecule is CC(C)C.CCOC.CNC(=O)CNC(=O)n1nc(-c2cccnc2)c2c1CCOC2. The van der Waals surface area contributed by atoms with Gasteiger partial charge in [-0.25, -0.2) is 4.79 Å². The summed E-state index contributed by atoms with van der Waals surface area (Å²) >= 11 is 0. The van der Waals surface area contributed by atoms with Gasteiger partial charge in [0.2, 0.25) is 5.91 Å². The minimum Gasteiger partial charge on any atom is -0.385 e. The maximum atomic E-state index is 12.3. The van der Waals surface area contributed by atoms with Crippen molar-refractivity contribution in [1.82, 2.24) is 25.4 Å². The van der Waals surface area contributed by atoms with Crippen LogP contribution in [0, 0.1) is 5.92 Å². The van der Waals surface area contributed by atoms with E-state index in [1.807, 2.05) is 19.1 Å². The molecule has 172 valence electrons. The van der Waals surface area contributed by atoms with Crippen LogP contribution >= 0.6 is 0 Å². The molecule has 0 bridgehead atoms. The van der Waals surface area contributed by atoms with E-state index >= 15 is 0 Å². The average Bonchev–Trinajstić information content (AvgIpc) is 3.17. The molecule has 0 radical (unpaired) electrons. The first-order valence-corrected chi connectivity index (χ1v) is 10.4. The number of ether oxygens (including phenoxy) is 2. The van der Waals surface area contributed by atoms with Crippen LogP contribution in [0.2, 0.25) is 0 Å². The van der Waals surface area contributed by atoms with Gasteiger partial charge < -0.3 is 20.1 Å². The molecule has 0 aliphatic carbocycles. The molecular weight excluding hydrogens is 398 g/mol. The second-order valence-corrected chi connectivity index (χ2v) is 7.37. The smallest absolute Gasteiger partial charge is 0.342 e. The first-order chi connectivity index (χ1) is 14.8. The minimum atomic E-state index is -0.429. The number of rotatable bonds is 4. The van der Waals surface area contributed by atoms with Crippen LogP contribution in [-0.2, 0) is 27.3 Å². The van der Waals surface area contributed by atoms with Crippen LogP contribution in [0.4, 0.5) is 4.79 Å². The zero-order chi connectivity index (χ0) is 23.2. The Morgan fingerprint density at radius 3 is 2.55 bits per heavy atom. The fraction of sp³-hybridized carbons (Fsp3) is 0.545. The normalized spacial score (nSPS) is 12.0. The lowest BCUT2D eigenvalue weighted by atomic mass is 10.1. The molecule has 0 saturated carbocycles. The van der Waals surface area contributed by atoms with Crippen LogP contribution in [0.25, 0.3) is 11.3 Å². The molecule has 0 fully saturated rings. The number of amides is 2. The highest BCUT2D eigenvalue weighted by molar-refractivity contribution is 5.85. The van der Waals surface area contributed by atoms with Crippen molar-refractivity contribution in [2.75, 3.05) is 33.9 Å².